The molecule has 1 atom stereocenters. The van der Waals surface area contributed by atoms with Crippen molar-refractivity contribution in [2.45, 2.75) is 25.3 Å². The molecule has 3 heteroatoms. The largest absolute Gasteiger partial charge is 0.497 e. The van der Waals surface area contributed by atoms with Gasteiger partial charge in [-0.2, -0.15) is 0 Å². The minimum Gasteiger partial charge on any atom is -0.497 e. The lowest BCUT2D eigenvalue weighted by Gasteiger charge is -2.25. The molecular weight excluding hydrogens is 322 g/mol. The van der Waals surface area contributed by atoms with Crippen molar-refractivity contribution in [3.05, 3.63) is 77.9 Å². The smallest absolute Gasteiger partial charge is 0.254 e. The van der Waals surface area contributed by atoms with Gasteiger partial charge in [0.2, 0.25) is 0 Å². The van der Waals surface area contributed by atoms with E-state index in [4.69, 9.17) is 4.74 Å². The summed E-state index contributed by atoms with van der Waals surface area (Å²) in [5.74, 6) is 1.01. The molecule has 3 aromatic carbocycles. The Kier molecular flexibility index (Phi) is 4.61. The van der Waals surface area contributed by atoms with E-state index in [0.717, 1.165) is 47.9 Å². The van der Waals surface area contributed by atoms with E-state index in [1.807, 2.05) is 42.5 Å². The highest BCUT2D eigenvalue weighted by Gasteiger charge is 2.30. The van der Waals surface area contributed by atoms with E-state index >= 15 is 0 Å². The van der Waals surface area contributed by atoms with Crippen molar-refractivity contribution in [3.8, 4) is 5.75 Å². The van der Waals surface area contributed by atoms with Crippen LogP contribution in [0, 0.1) is 0 Å². The Balaban J connectivity index is 1.60. The van der Waals surface area contributed by atoms with Crippen molar-refractivity contribution in [1.82, 2.24) is 4.90 Å². The molecule has 1 saturated heterocycles. The van der Waals surface area contributed by atoms with Crippen molar-refractivity contribution in [3.63, 3.8) is 0 Å². The molecule has 0 radical (unpaired) electrons. The summed E-state index contributed by atoms with van der Waals surface area (Å²) in [6, 6.07) is 22.5. The molecule has 1 amide bonds. The number of methoxy groups -OCH3 is 1. The quantitative estimate of drug-likeness (QED) is 0.686. The number of ether oxygens (including phenoxy) is 1. The van der Waals surface area contributed by atoms with Crippen LogP contribution in [0.1, 0.15) is 28.8 Å². The van der Waals surface area contributed by atoms with Gasteiger partial charge in [-0.3, -0.25) is 4.79 Å². The molecule has 1 heterocycles. The van der Waals surface area contributed by atoms with E-state index in [-0.39, 0.29) is 11.9 Å². The summed E-state index contributed by atoms with van der Waals surface area (Å²) >= 11 is 0. The van der Waals surface area contributed by atoms with E-state index in [2.05, 4.69) is 29.2 Å². The van der Waals surface area contributed by atoms with Crippen LogP contribution >= 0.6 is 0 Å². The van der Waals surface area contributed by atoms with Gasteiger partial charge in [0.25, 0.3) is 5.91 Å². The first-order chi connectivity index (χ1) is 12.8. The molecule has 0 aliphatic carbocycles. The molecule has 4 rings (SSSR count). The zero-order chi connectivity index (χ0) is 17.9. The maximum absolute atomic E-state index is 13.3. The summed E-state index contributed by atoms with van der Waals surface area (Å²) in [4.78, 5) is 15.3. The number of nitrogens with zero attached hydrogens (tertiary/aromatic N) is 1. The molecule has 132 valence electrons. The lowest BCUT2D eigenvalue weighted by molar-refractivity contribution is 0.0738. The van der Waals surface area contributed by atoms with Crippen LogP contribution in [0.3, 0.4) is 0 Å². The number of hydrogen-bond donors (Lipinski definition) is 0. The van der Waals surface area contributed by atoms with E-state index < -0.39 is 0 Å². The van der Waals surface area contributed by atoms with Gasteiger partial charge >= 0.3 is 0 Å². The van der Waals surface area contributed by atoms with Crippen LogP contribution in [0.15, 0.2) is 66.7 Å². The van der Waals surface area contributed by atoms with Crippen molar-refractivity contribution >= 4 is 16.7 Å². The molecular formula is C23H23NO2. The summed E-state index contributed by atoms with van der Waals surface area (Å²) in [6.45, 7) is 0.830. The molecule has 0 bridgehead atoms. The van der Waals surface area contributed by atoms with Crippen LogP contribution in [0.25, 0.3) is 10.8 Å². The molecule has 1 unspecified atom stereocenters. The molecule has 1 aliphatic rings. The topological polar surface area (TPSA) is 29.5 Å². The van der Waals surface area contributed by atoms with Crippen LogP contribution in [0.2, 0.25) is 0 Å². The number of rotatable bonds is 4. The van der Waals surface area contributed by atoms with Crippen molar-refractivity contribution in [2.75, 3.05) is 13.7 Å². The summed E-state index contributed by atoms with van der Waals surface area (Å²) in [5, 5.41) is 2.15. The average molecular weight is 345 g/mol. The number of carbonyl (C=O) groups is 1. The first-order valence-corrected chi connectivity index (χ1v) is 9.18. The minimum absolute atomic E-state index is 0.146. The van der Waals surface area contributed by atoms with Gasteiger partial charge in [-0.1, -0.05) is 48.5 Å². The standard InChI is InChI=1S/C23H23NO2/c1-26-20-11-4-7-17(16-20)15-19-10-6-14-24(19)23(25)22-13-5-9-18-8-2-3-12-21(18)22/h2-5,7-9,11-13,16,19H,6,10,14-15H2,1H3. The van der Waals surface area contributed by atoms with Crippen molar-refractivity contribution < 1.29 is 9.53 Å². The molecule has 0 saturated carbocycles. The van der Waals surface area contributed by atoms with Gasteiger partial charge < -0.3 is 9.64 Å². The van der Waals surface area contributed by atoms with Crippen LogP contribution in [0.5, 0.6) is 5.75 Å². The van der Waals surface area contributed by atoms with Crippen LogP contribution in [-0.4, -0.2) is 30.5 Å². The fourth-order valence-electron chi connectivity index (χ4n) is 3.95. The highest BCUT2D eigenvalue weighted by Crippen LogP contribution is 2.27. The number of fused-ring (bicyclic) bond motifs is 1. The van der Waals surface area contributed by atoms with E-state index in [1.54, 1.807) is 7.11 Å². The second-order valence-electron chi connectivity index (χ2n) is 6.88. The molecule has 1 aliphatic heterocycles. The van der Waals surface area contributed by atoms with Gasteiger partial charge in [0.1, 0.15) is 5.75 Å². The monoisotopic (exact) mass is 345 g/mol. The second kappa shape index (κ2) is 7.20. The minimum atomic E-state index is 0.146. The molecule has 0 aromatic heterocycles. The fraction of sp³-hybridized carbons (Fsp3) is 0.261. The van der Waals surface area contributed by atoms with Gasteiger partial charge in [-0.25, -0.2) is 0 Å². The maximum atomic E-state index is 13.3. The normalized spacial score (nSPS) is 16.8. The third kappa shape index (κ3) is 3.17. The third-order valence-electron chi connectivity index (χ3n) is 5.26. The zero-order valence-corrected chi connectivity index (χ0v) is 15.0. The van der Waals surface area contributed by atoms with Crippen molar-refractivity contribution in [2.24, 2.45) is 0 Å². The number of carbonyl (C=O) groups excluding carboxylic acids is 1. The van der Waals surface area contributed by atoms with Gasteiger partial charge in [-0.15, -0.1) is 0 Å². The molecule has 3 nitrogen and oxygen atoms in total. The summed E-state index contributed by atoms with van der Waals surface area (Å²) in [7, 11) is 1.69. The molecule has 0 spiro atoms. The predicted octanol–water partition coefficient (Wildman–Crippen LogP) is 4.70. The lowest BCUT2D eigenvalue weighted by Crippen LogP contribution is -2.36. The highest BCUT2D eigenvalue weighted by molar-refractivity contribution is 6.07. The zero-order valence-electron chi connectivity index (χ0n) is 15.0. The summed E-state index contributed by atoms with van der Waals surface area (Å²) < 4.78 is 5.33. The number of hydrogen-bond acceptors (Lipinski definition) is 2. The number of likely N-dealkylation sites (tertiary alicyclic amines) is 1. The van der Waals surface area contributed by atoms with Crippen molar-refractivity contribution in [1.29, 1.82) is 0 Å². The molecule has 26 heavy (non-hydrogen) atoms. The maximum Gasteiger partial charge on any atom is 0.254 e. The van der Waals surface area contributed by atoms with Gasteiger partial charge in [0.05, 0.1) is 7.11 Å². The Bertz CT molecular complexity index is 929. The second-order valence-corrected chi connectivity index (χ2v) is 6.88. The Morgan fingerprint density at radius 2 is 1.88 bits per heavy atom. The van der Waals surface area contributed by atoms with Gasteiger partial charge in [-0.05, 0) is 53.8 Å². The highest BCUT2D eigenvalue weighted by atomic mass is 16.5. The van der Waals surface area contributed by atoms with Gasteiger partial charge in [0.15, 0.2) is 0 Å². The Labute approximate surface area is 154 Å². The van der Waals surface area contributed by atoms with Gasteiger partial charge in [0, 0.05) is 18.2 Å². The van der Waals surface area contributed by atoms with E-state index in [0.29, 0.717) is 0 Å². The predicted molar refractivity (Wildman–Crippen MR) is 105 cm³/mol. The summed E-state index contributed by atoms with van der Waals surface area (Å²) in [5.41, 5.74) is 2.02. The lowest BCUT2D eigenvalue weighted by atomic mass is 10.0. The third-order valence-corrected chi connectivity index (χ3v) is 5.26. The van der Waals surface area contributed by atoms with Crippen LogP contribution in [0.4, 0.5) is 0 Å². The Morgan fingerprint density at radius 1 is 1.08 bits per heavy atom. The Hall–Kier alpha value is -2.81. The number of benzene rings is 3. The number of amides is 1. The SMILES string of the molecule is COc1cccc(CC2CCCN2C(=O)c2cccc3ccccc23)c1. The van der Waals surface area contributed by atoms with E-state index in [1.165, 1.54) is 5.56 Å². The van der Waals surface area contributed by atoms with Crippen LogP contribution < -0.4 is 4.74 Å². The first-order valence-electron chi connectivity index (χ1n) is 9.18. The first kappa shape index (κ1) is 16.6. The molecule has 0 N–H and O–H groups in total. The molecule has 1 fully saturated rings. The van der Waals surface area contributed by atoms with E-state index in [9.17, 15) is 4.79 Å². The average Bonchev–Trinajstić information content (AvgIpc) is 3.15. The molecule has 3 aromatic rings. The fourth-order valence-corrected chi connectivity index (χ4v) is 3.95. The Morgan fingerprint density at radius 3 is 2.77 bits per heavy atom. The van der Waals surface area contributed by atoms with Crippen LogP contribution in [-0.2, 0) is 6.42 Å². The summed E-state index contributed by atoms with van der Waals surface area (Å²) in [6.07, 6.45) is 2.98.